The summed E-state index contributed by atoms with van der Waals surface area (Å²) in [6.45, 7) is 2.67. The van der Waals surface area contributed by atoms with E-state index in [1.54, 1.807) is 34.9 Å². The number of alkyl halides is 4. The maximum atomic E-state index is 13.8. The molecule has 0 fully saturated rings. The number of amides is 1. The number of methoxy groups -OCH3 is 1. The van der Waals surface area contributed by atoms with E-state index in [4.69, 9.17) is 9.47 Å². The van der Waals surface area contributed by atoms with Crippen molar-refractivity contribution in [3.63, 3.8) is 0 Å². The zero-order valence-electron chi connectivity index (χ0n) is 24.5. The monoisotopic (exact) mass is 740 g/mol. The molecule has 1 aliphatic rings. The number of ether oxygens (including phenoxy) is 2. The van der Waals surface area contributed by atoms with Crippen LogP contribution >= 0.6 is 22.9 Å². The number of halogens is 5. The average molecular weight is 740 g/mol. The largest absolute Gasteiger partial charge is 0.497 e. The molecule has 11 nitrogen and oxygen atoms in total. The summed E-state index contributed by atoms with van der Waals surface area (Å²) < 4.78 is 67.4. The Balaban J connectivity index is 1.66. The van der Waals surface area contributed by atoms with Crippen molar-refractivity contribution in [3.8, 4) is 17.1 Å². The fraction of sp³-hybridized carbons (Fsp3) is 0.379. The standard InChI is InChI=1S/C29H29F4IN8O3/c1-4-21-11-25(23-12-22(44-3)6-7-24(23)41(21)28(43)45-5-2)40(16-18-8-17(13-30)9-20(10-18)29(31,32)33)27-35-14-19(15-36-27)26-37-39-42(34)38-26/h6-10,12,14-15,21,25H,4-5,11,13,16H2,1-3H3. The molecule has 2 aromatic heterocycles. The highest BCUT2D eigenvalue weighted by Crippen LogP contribution is 2.45. The van der Waals surface area contributed by atoms with Gasteiger partial charge in [0.05, 0.1) is 36.6 Å². The Labute approximate surface area is 270 Å². The van der Waals surface area contributed by atoms with Crippen LogP contribution in [0.2, 0.25) is 0 Å². The summed E-state index contributed by atoms with van der Waals surface area (Å²) in [4.78, 5) is 25.7. The van der Waals surface area contributed by atoms with Crippen molar-refractivity contribution in [3.05, 3.63) is 71.0 Å². The average Bonchev–Trinajstić information content (AvgIpc) is 3.48. The Hall–Kier alpha value is -4.09. The summed E-state index contributed by atoms with van der Waals surface area (Å²) in [6.07, 6.45) is -1.27. The third kappa shape index (κ3) is 6.94. The molecular weight excluding hydrogens is 711 g/mol. The summed E-state index contributed by atoms with van der Waals surface area (Å²) in [5.41, 5.74) is 0.857. The lowest BCUT2D eigenvalue weighted by Gasteiger charge is -2.44. The third-order valence-electron chi connectivity index (χ3n) is 7.46. The number of carbonyl (C=O) groups is 1. The Morgan fingerprint density at radius 2 is 1.84 bits per heavy atom. The first-order chi connectivity index (χ1) is 21.6. The summed E-state index contributed by atoms with van der Waals surface area (Å²) in [5, 5.41) is 11.9. The second kappa shape index (κ2) is 13.5. The van der Waals surface area contributed by atoms with Gasteiger partial charge in [0, 0.05) is 30.5 Å². The van der Waals surface area contributed by atoms with E-state index in [-0.39, 0.29) is 42.1 Å². The Morgan fingerprint density at radius 3 is 2.44 bits per heavy atom. The first kappa shape index (κ1) is 32.3. The fourth-order valence-electron chi connectivity index (χ4n) is 5.43. The van der Waals surface area contributed by atoms with Gasteiger partial charge in [0.15, 0.2) is 0 Å². The number of anilines is 2. The second-order valence-corrected chi connectivity index (χ2v) is 11.1. The van der Waals surface area contributed by atoms with E-state index in [1.165, 1.54) is 28.6 Å². The quantitative estimate of drug-likeness (QED) is 0.137. The van der Waals surface area contributed by atoms with Gasteiger partial charge in [0.2, 0.25) is 11.8 Å². The van der Waals surface area contributed by atoms with E-state index in [0.717, 1.165) is 12.1 Å². The number of hydrogen-bond acceptors (Lipinski definition) is 9. The van der Waals surface area contributed by atoms with Gasteiger partial charge < -0.3 is 14.4 Å². The normalized spacial score (nSPS) is 16.3. The molecule has 1 aliphatic heterocycles. The topological polar surface area (TPSA) is 111 Å². The smallest absolute Gasteiger partial charge is 0.416 e. The predicted octanol–water partition coefficient (Wildman–Crippen LogP) is 6.72. The van der Waals surface area contributed by atoms with Crippen molar-refractivity contribution >= 4 is 40.6 Å². The molecule has 2 atom stereocenters. The molecule has 45 heavy (non-hydrogen) atoms. The minimum Gasteiger partial charge on any atom is -0.497 e. The molecule has 0 aliphatic carbocycles. The van der Waals surface area contributed by atoms with Crippen LogP contribution < -0.4 is 14.5 Å². The van der Waals surface area contributed by atoms with Gasteiger partial charge in [-0.05, 0) is 66.4 Å². The van der Waals surface area contributed by atoms with Gasteiger partial charge in [-0.25, -0.2) is 19.2 Å². The number of hydrogen-bond donors (Lipinski definition) is 0. The summed E-state index contributed by atoms with van der Waals surface area (Å²) >= 11 is 1.85. The number of nitrogens with zero attached hydrogens (tertiary/aromatic N) is 8. The fourth-order valence-corrected chi connectivity index (χ4v) is 5.73. The van der Waals surface area contributed by atoms with Crippen molar-refractivity contribution in [2.24, 2.45) is 0 Å². The highest BCUT2D eigenvalue weighted by Gasteiger charge is 2.40. The number of carbonyl (C=O) groups excluding carboxylic acids is 1. The van der Waals surface area contributed by atoms with Gasteiger partial charge in [0.25, 0.3) is 0 Å². The van der Waals surface area contributed by atoms with Crippen LogP contribution in [0.1, 0.15) is 55.0 Å². The number of benzene rings is 2. The molecule has 238 valence electrons. The van der Waals surface area contributed by atoms with E-state index < -0.39 is 30.5 Å². The van der Waals surface area contributed by atoms with Gasteiger partial charge in [-0.2, -0.15) is 13.2 Å². The molecule has 4 aromatic rings. The molecule has 2 unspecified atom stereocenters. The molecule has 0 saturated heterocycles. The molecule has 0 bridgehead atoms. The van der Waals surface area contributed by atoms with Crippen LogP contribution in [0.4, 0.5) is 34.0 Å². The van der Waals surface area contributed by atoms with Crippen LogP contribution in [-0.4, -0.2) is 54.2 Å². The second-order valence-electron chi connectivity index (χ2n) is 10.2. The van der Waals surface area contributed by atoms with Crippen LogP contribution in [0.25, 0.3) is 11.4 Å². The van der Waals surface area contributed by atoms with Crippen LogP contribution in [-0.2, 0) is 24.1 Å². The van der Waals surface area contributed by atoms with Gasteiger partial charge in [-0.15, -0.1) is 13.2 Å². The lowest BCUT2D eigenvalue weighted by Crippen LogP contribution is -2.48. The molecule has 16 heteroatoms. The number of fused-ring (bicyclic) bond motifs is 1. The van der Waals surface area contributed by atoms with Gasteiger partial charge in [-0.3, -0.25) is 4.90 Å². The van der Waals surface area contributed by atoms with E-state index in [0.29, 0.717) is 35.4 Å². The molecule has 0 spiro atoms. The van der Waals surface area contributed by atoms with Crippen molar-refractivity contribution in [2.75, 3.05) is 23.5 Å². The Morgan fingerprint density at radius 1 is 1.11 bits per heavy atom. The summed E-state index contributed by atoms with van der Waals surface area (Å²) in [7, 11) is 1.51. The van der Waals surface area contributed by atoms with Gasteiger partial charge in [0.1, 0.15) is 35.3 Å². The highest BCUT2D eigenvalue weighted by atomic mass is 127. The molecule has 0 saturated carbocycles. The Bertz CT molecular complexity index is 1650. The molecule has 5 rings (SSSR count). The van der Waals surface area contributed by atoms with Crippen LogP contribution in [0.3, 0.4) is 0 Å². The minimum atomic E-state index is -4.68. The number of aromatic nitrogens is 6. The van der Waals surface area contributed by atoms with Crippen LogP contribution in [0, 0.1) is 0 Å². The molecule has 1 amide bonds. The zero-order chi connectivity index (χ0) is 32.3. The van der Waals surface area contributed by atoms with E-state index in [2.05, 4.69) is 25.4 Å². The number of tetrazole rings is 1. The van der Waals surface area contributed by atoms with Crippen molar-refractivity contribution in [1.29, 1.82) is 0 Å². The van der Waals surface area contributed by atoms with Gasteiger partial charge in [-0.1, -0.05) is 13.0 Å². The summed E-state index contributed by atoms with van der Waals surface area (Å²) in [6, 6.07) is 7.60. The lowest BCUT2D eigenvalue weighted by molar-refractivity contribution is -0.137. The van der Waals surface area contributed by atoms with Crippen molar-refractivity contribution < 1.29 is 31.8 Å². The van der Waals surface area contributed by atoms with Gasteiger partial charge >= 0.3 is 12.3 Å². The van der Waals surface area contributed by atoms with Crippen molar-refractivity contribution in [1.82, 2.24) is 28.4 Å². The van der Waals surface area contributed by atoms with E-state index >= 15 is 0 Å². The molecule has 2 aromatic carbocycles. The minimum absolute atomic E-state index is 0.102. The molecule has 3 heterocycles. The van der Waals surface area contributed by atoms with Crippen molar-refractivity contribution in [2.45, 2.75) is 58.2 Å². The summed E-state index contributed by atoms with van der Waals surface area (Å²) in [5.74, 6) is 0.996. The SMILES string of the molecule is CCOC(=O)N1c2ccc(OC)cc2C(N(Cc2cc(CF)cc(C(F)(F)F)c2)c2ncc(-c3nnn(I)n3)cn2)CC1CC. The number of rotatable bonds is 9. The predicted molar refractivity (Wildman–Crippen MR) is 165 cm³/mol. The van der Waals surface area contributed by atoms with E-state index in [9.17, 15) is 22.4 Å². The first-order valence-corrected chi connectivity index (χ1v) is 15.0. The highest BCUT2D eigenvalue weighted by molar-refractivity contribution is 14.1. The van der Waals surface area contributed by atoms with Crippen LogP contribution in [0.15, 0.2) is 48.8 Å². The lowest BCUT2D eigenvalue weighted by atomic mass is 9.88. The molecule has 0 radical (unpaired) electrons. The zero-order valence-corrected chi connectivity index (χ0v) is 26.7. The maximum Gasteiger partial charge on any atom is 0.416 e. The van der Waals surface area contributed by atoms with Crippen LogP contribution in [0.5, 0.6) is 5.75 Å². The Kier molecular flexibility index (Phi) is 9.69. The molecular formula is C29H29F4IN8O3. The first-order valence-electron chi connectivity index (χ1n) is 14.0. The maximum absolute atomic E-state index is 13.8. The molecule has 0 N–H and O–H groups in total. The van der Waals surface area contributed by atoms with E-state index in [1.807, 2.05) is 29.8 Å². The third-order valence-corrected chi connectivity index (χ3v) is 7.87.